The maximum Gasteiger partial charge on any atom is 0.226 e. The Morgan fingerprint density at radius 3 is 2.54 bits per heavy atom. The molecule has 0 N–H and O–H groups in total. The molecule has 6 rings (SSSR count). The average molecular weight is 584 g/mol. The lowest BCUT2D eigenvalue weighted by Crippen LogP contribution is -2.48. The smallest absolute Gasteiger partial charge is 0.226 e. The van der Waals surface area contributed by atoms with Gasteiger partial charge in [-0.1, -0.05) is 17.7 Å². The number of fused-ring (bicyclic) bond motifs is 2. The molecule has 0 bridgehead atoms. The fourth-order valence-electron chi connectivity index (χ4n) is 6.96. The van der Waals surface area contributed by atoms with Crippen molar-refractivity contribution in [2.24, 2.45) is 13.0 Å². The number of Topliss-reactive ketones (excluding diaryl/α,β-unsaturated/α-hetero) is 1. The van der Waals surface area contributed by atoms with Crippen molar-refractivity contribution in [2.45, 2.75) is 69.5 Å². The quantitative estimate of drug-likeness (QED) is 0.425. The number of hydrogen-bond acceptors (Lipinski definition) is 6. The second-order valence-electron chi connectivity index (χ2n) is 12.1. The van der Waals surface area contributed by atoms with E-state index in [0.717, 1.165) is 23.1 Å². The van der Waals surface area contributed by atoms with Crippen LogP contribution in [0.25, 0.3) is 0 Å². The van der Waals surface area contributed by atoms with Gasteiger partial charge in [-0.2, -0.15) is 5.10 Å². The lowest BCUT2D eigenvalue weighted by atomic mass is 9.80. The summed E-state index contributed by atoms with van der Waals surface area (Å²) in [5.41, 5.74) is 1.36. The Morgan fingerprint density at radius 2 is 1.88 bits per heavy atom. The second-order valence-corrected chi connectivity index (χ2v) is 12.5. The van der Waals surface area contributed by atoms with E-state index in [4.69, 9.17) is 21.3 Å². The van der Waals surface area contributed by atoms with Crippen LogP contribution in [-0.2, 0) is 32.4 Å². The number of nitrogens with zero attached hydrogens (tertiary/aromatic N) is 5. The monoisotopic (exact) mass is 583 g/mol. The number of hydrogen-bond donors (Lipinski definition) is 0. The van der Waals surface area contributed by atoms with Gasteiger partial charge in [-0.05, 0) is 51.3 Å². The Hall–Kier alpha value is -3.24. The van der Waals surface area contributed by atoms with Gasteiger partial charge in [0.05, 0.1) is 33.8 Å². The largest absolute Gasteiger partial charge is 0.359 e. The number of likely N-dealkylation sites (tertiary alicyclic amines) is 1. The number of carbonyl (C=O) groups is 2. The van der Waals surface area contributed by atoms with Gasteiger partial charge in [0.2, 0.25) is 5.91 Å². The van der Waals surface area contributed by atoms with Gasteiger partial charge in [0, 0.05) is 50.5 Å². The molecule has 3 atom stereocenters. The molecule has 11 heteroatoms. The molecule has 1 aliphatic carbocycles. The Bertz CT molecular complexity index is 1550. The molecule has 1 saturated carbocycles. The summed E-state index contributed by atoms with van der Waals surface area (Å²) in [7, 11) is 1.85. The molecular weight excluding hydrogens is 552 g/mol. The summed E-state index contributed by atoms with van der Waals surface area (Å²) >= 11 is 6.55. The van der Waals surface area contributed by atoms with Crippen molar-refractivity contribution in [3.63, 3.8) is 0 Å². The maximum absolute atomic E-state index is 14.7. The fraction of sp³-hybridized carbons (Fsp3) is 0.500. The van der Waals surface area contributed by atoms with Crippen molar-refractivity contribution in [1.82, 2.24) is 24.6 Å². The molecule has 2 aliphatic heterocycles. The van der Waals surface area contributed by atoms with Crippen molar-refractivity contribution in [2.75, 3.05) is 13.1 Å². The minimum absolute atomic E-state index is 0.0501. The number of rotatable bonds is 4. The van der Waals surface area contributed by atoms with E-state index in [1.807, 2.05) is 20.0 Å². The highest BCUT2D eigenvalue weighted by Crippen LogP contribution is 2.55. The standard InChI is InChI=1S/C30H32ClF2N5O3/c1-16-23(31)14-22-25(36-16)30(41-26(22)29(2,3)28-34-15-35-37(28)4)7-9-38(10-8-30)27(40)21-13-18(39)12-20(21)19-6-5-17(32)11-24(19)33/h5-6,11,14-15,20-21,26H,7-10,12-13H2,1-4H3/t20-,21+,26-/m0/s1. The number of ketones is 1. The molecule has 3 aromatic rings. The van der Waals surface area contributed by atoms with E-state index in [1.54, 1.807) is 9.58 Å². The molecule has 1 amide bonds. The number of aromatic nitrogens is 4. The van der Waals surface area contributed by atoms with Gasteiger partial charge < -0.3 is 9.64 Å². The summed E-state index contributed by atoms with van der Waals surface area (Å²) in [5.74, 6) is -2.24. The predicted octanol–water partition coefficient (Wildman–Crippen LogP) is 5.08. The first-order valence-electron chi connectivity index (χ1n) is 13.9. The molecular formula is C30H32ClF2N5O3. The van der Waals surface area contributed by atoms with Crippen LogP contribution in [0.4, 0.5) is 8.78 Å². The van der Waals surface area contributed by atoms with Crippen molar-refractivity contribution < 1.29 is 23.1 Å². The van der Waals surface area contributed by atoms with Crippen LogP contribution in [-0.4, -0.2) is 49.4 Å². The van der Waals surface area contributed by atoms with Crippen LogP contribution < -0.4 is 0 Å². The molecule has 216 valence electrons. The summed E-state index contributed by atoms with van der Waals surface area (Å²) < 4.78 is 36.9. The van der Waals surface area contributed by atoms with E-state index in [2.05, 4.69) is 23.9 Å². The van der Waals surface area contributed by atoms with E-state index in [-0.39, 0.29) is 30.1 Å². The van der Waals surface area contributed by atoms with Crippen LogP contribution >= 0.6 is 11.6 Å². The van der Waals surface area contributed by atoms with Crippen molar-refractivity contribution in [1.29, 1.82) is 0 Å². The second kappa shape index (κ2) is 9.94. The summed E-state index contributed by atoms with van der Waals surface area (Å²) in [4.78, 5) is 37.3. The van der Waals surface area contributed by atoms with Crippen LogP contribution in [0.1, 0.15) is 79.9 Å². The van der Waals surface area contributed by atoms with Gasteiger partial charge in [-0.15, -0.1) is 0 Å². The van der Waals surface area contributed by atoms with Crippen LogP contribution in [0.2, 0.25) is 5.02 Å². The van der Waals surface area contributed by atoms with Crippen molar-refractivity contribution in [3.05, 3.63) is 75.6 Å². The zero-order valence-corrected chi connectivity index (χ0v) is 24.2. The Balaban J connectivity index is 1.27. The van der Waals surface area contributed by atoms with Crippen LogP contribution in [0.15, 0.2) is 30.6 Å². The fourth-order valence-corrected chi connectivity index (χ4v) is 7.12. The van der Waals surface area contributed by atoms with Crippen LogP contribution in [0, 0.1) is 24.5 Å². The molecule has 1 saturated heterocycles. The summed E-state index contributed by atoms with van der Waals surface area (Å²) in [6, 6.07) is 5.25. The van der Waals surface area contributed by atoms with Crippen LogP contribution in [0.3, 0.4) is 0 Å². The average Bonchev–Trinajstić information content (AvgIpc) is 3.61. The first-order chi connectivity index (χ1) is 19.4. The molecule has 4 heterocycles. The lowest BCUT2D eigenvalue weighted by molar-refractivity contribution is -0.152. The van der Waals surface area contributed by atoms with E-state index >= 15 is 0 Å². The van der Waals surface area contributed by atoms with Gasteiger partial charge >= 0.3 is 0 Å². The number of piperidine rings is 1. The third-order valence-electron chi connectivity index (χ3n) is 9.12. The highest BCUT2D eigenvalue weighted by atomic mass is 35.5. The SMILES string of the molecule is Cc1nc2c(cc1Cl)[C@@H](C(C)(C)c1ncnn1C)OC21CCN(C(=O)[C@@H]2CC(=O)C[C@H]2c2ccc(F)cc2F)CC1. The van der Waals surface area contributed by atoms with Crippen molar-refractivity contribution >= 4 is 23.3 Å². The molecule has 2 fully saturated rings. The summed E-state index contributed by atoms with van der Waals surface area (Å²) in [6.45, 7) is 6.76. The number of carbonyl (C=O) groups excluding carboxylic acids is 2. The lowest BCUT2D eigenvalue weighted by Gasteiger charge is -2.41. The Morgan fingerprint density at radius 1 is 1.15 bits per heavy atom. The van der Waals surface area contributed by atoms with E-state index < -0.39 is 40.6 Å². The van der Waals surface area contributed by atoms with E-state index in [9.17, 15) is 18.4 Å². The zero-order chi connectivity index (χ0) is 29.3. The molecule has 0 unspecified atom stereocenters. The molecule has 1 spiro atoms. The normalized spacial score (nSPS) is 23.8. The van der Waals surface area contributed by atoms with Crippen LogP contribution in [0.5, 0.6) is 0 Å². The zero-order valence-electron chi connectivity index (χ0n) is 23.5. The third-order valence-corrected chi connectivity index (χ3v) is 9.51. The number of ether oxygens (including phenoxy) is 1. The first-order valence-corrected chi connectivity index (χ1v) is 14.2. The number of pyridine rings is 1. The van der Waals surface area contributed by atoms with Gasteiger partial charge in [0.1, 0.15) is 35.2 Å². The minimum atomic E-state index is -0.729. The van der Waals surface area contributed by atoms with Gasteiger partial charge in [-0.25, -0.2) is 13.8 Å². The third kappa shape index (κ3) is 4.55. The highest BCUT2D eigenvalue weighted by molar-refractivity contribution is 6.31. The highest BCUT2D eigenvalue weighted by Gasteiger charge is 2.54. The molecule has 0 radical (unpaired) electrons. The summed E-state index contributed by atoms with van der Waals surface area (Å²) in [6.07, 6.45) is 2.24. The Kier molecular flexibility index (Phi) is 6.77. The summed E-state index contributed by atoms with van der Waals surface area (Å²) in [5, 5.41) is 4.81. The van der Waals surface area contributed by atoms with Gasteiger partial charge in [0.25, 0.3) is 0 Å². The topological polar surface area (TPSA) is 90.2 Å². The molecule has 2 aromatic heterocycles. The number of amides is 1. The number of benzene rings is 1. The predicted molar refractivity (Wildman–Crippen MR) is 146 cm³/mol. The minimum Gasteiger partial charge on any atom is -0.359 e. The van der Waals surface area contributed by atoms with Gasteiger partial charge in [-0.3, -0.25) is 19.3 Å². The van der Waals surface area contributed by atoms with Crippen molar-refractivity contribution in [3.8, 4) is 0 Å². The molecule has 3 aliphatic rings. The molecule has 8 nitrogen and oxygen atoms in total. The number of halogens is 3. The molecule has 1 aromatic carbocycles. The first kappa shape index (κ1) is 27.9. The van der Waals surface area contributed by atoms with Gasteiger partial charge in [0.15, 0.2) is 0 Å². The Labute approximate surface area is 242 Å². The molecule has 41 heavy (non-hydrogen) atoms. The van der Waals surface area contributed by atoms with E-state index in [0.29, 0.717) is 36.6 Å². The maximum atomic E-state index is 14.7. The van der Waals surface area contributed by atoms with E-state index in [1.165, 1.54) is 18.5 Å². The number of aryl methyl sites for hydroxylation is 2.